The first kappa shape index (κ1) is 15.6. The van der Waals surface area contributed by atoms with Gasteiger partial charge < -0.3 is 9.47 Å². The zero-order valence-electron chi connectivity index (χ0n) is 12.5. The Kier molecular flexibility index (Phi) is 4.68. The standard InChI is InChI=1S/C17H17BrO3/c1-10-8-15(20-3)11(2)7-14(10)17(19)13-6-5-12(18)9-16(13)21-4/h5-9H,1-4H3. The largest absolute Gasteiger partial charge is 0.496 e. The van der Waals surface area contributed by atoms with Crippen LogP contribution in [0, 0.1) is 13.8 Å². The van der Waals surface area contributed by atoms with Crippen LogP contribution in [0.3, 0.4) is 0 Å². The van der Waals surface area contributed by atoms with Crippen molar-refractivity contribution in [1.82, 2.24) is 0 Å². The first-order chi connectivity index (χ1) is 9.97. The molecular formula is C17H17BrO3. The minimum atomic E-state index is -0.0531. The number of methoxy groups -OCH3 is 2. The predicted octanol–water partition coefficient (Wildman–Crippen LogP) is 4.31. The SMILES string of the molecule is COc1cc(C)c(C(=O)c2ccc(Br)cc2OC)cc1C. The summed E-state index contributed by atoms with van der Waals surface area (Å²) < 4.78 is 11.5. The Morgan fingerprint density at radius 2 is 1.57 bits per heavy atom. The van der Waals surface area contributed by atoms with Crippen LogP contribution >= 0.6 is 15.9 Å². The number of rotatable bonds is 4. The Balaban J connectivity index is 2.52. The second kappa shape index (κ2) is 6.31. The molecule has 0 fully saturated rings. The Morgan fingerprint density at radius 1 is 0.905 bits per heavy atom. The molecule has 0 aromatic heterocycles. The maximum Gasteiger partial charge on any atom is 0.197 e. The topological polar surface area (TPSA) is 35.5 Å². The smallest absolute Gasteiger partial charge is 0.197 e. The molecule has 0 aliphatic heterocycles. The van der Waals surface area contributed by atoms with Crippen molar-refractivity contribution in [2.24, 2.45) is 0 Å². The number of aryl methyl sites for hydroxylation is 2. The molecule has 4 heteroatoms. The van der Waals surface area contributed by atoms with E-state index in [1.807, 2.05) is 32.0 Å². The van der Waals surface area contributed by atoms with Gasteiger partial charge in [-0.3, -0.25) is 4.79 Å². The van der Waals surface area contributed by atoms with E-state index < -0.39 is 0 Å². The third-order valence-electron chi connectivity index (χ3n) is 3.39. The zero-order chi connectivity index (χ0) is 15.6. The Bertz CT molecular complexity index is 693. The summed E-state index contributed by atoms with van der Waals surface area (Å²) in [5, 5.41) is 0. The molecule has 0 spiro atoms. The van der Waals surface area contributed by atoms with E-state index in [-0.39, 0.29) is 5.78 Å². The van der Waals surface area contributed by atoms with E-state index in [2.05, 4.69) is 15.9 Å². The normalized spacial score (nSPS) is 10.3. The summed E-state index contributed by atoms with van der Waals surface area (Å²) in [7, 11) is 3.19. The average Bonchev–Trinajstić information content (AvgIpc) is 2.48. The molecule has 0 saturated heterocycles. The number of carbonyl (C=O) groups excluding carboxylic acids is 1. The van der Waals surface area contributed by atoms with Crippen LogP contribution in [0.1, 0.15) is 27.0 Å². The van der Waals surface area contributed by atoms with Crippen LogP contribution in [-0.4, -0.2) is 20.0 Å². The lowest BCUT2D eigenvalue weighted by Crippen LogP contribution is -2.07. The van der Waals surface area contributed by atoms with Crippen LogP contribution in [0.4, 0.5) is 0 Å². The van der Waals surface area contributed by atoms with Crippen LogP contribution in [0.5, 0.6) is 11.5 Å². The fraction of sp³-hybridized carbons (Fsp3) is 0.235. The summed E-state index contributed by atoms with van der Waals surface area (Å²) >= 11 is 3.38. The van der Waals surface area contributed by atoms with Crippen molar-refractivity contribution in [3.05, 3.63) is 57.1 Å². The number of hydrogen-bond acceptors (Lipinski definition) is 3. The van der Waals surface area contributed by atoms with Crippen molar-refractivity contribution in [3.8, 4) is 11.5 Å². The molecule has 0 aliphatic rings. The highest BCUT2D eigenvalue weighted by Gasteiger charge is 2.18. The van der Waals surface area contributed by atoms with Gasteiger partial charge in [0.25, 0.3) is 0 Å². The molecular weight excluding hydrogens is 332 g/mol. The van der Waals surface area contributed by atoms with Gasteiger partial charge in [0.2, 0.25) is 0 Å². The van der Waals surface area contributed by atoms with Crippen LogP contribution in [-0.2, 0) is 0 Å². The number of benzene rings is 2. The molecule has 0 N–H and O–H groups in total. The van der Waals surface area contributed by atoms with Crippen molar-refractivity contribution in [1.29, 1.82) is 0 Å². The van der Waals surface area contributed by atoms with Crippen molar-refractivity contribution in [2.75, 3.05) is 14.2 Å². The molecule has 2 rings (SSSR count). The van der Waals surface area contributed by atoms with Gasteiger partial charge in [-0.25, -0.2) is 0 Å². The van der Waals surface area contributed by atoms with Gasteiger partial charge >= 0.3 is 0 Å². The fourth-order valence-electron chi connectivity index (χ4n) is 2.25. The number of hydrogen-bond donors (Lipinski definition) is 0. The highest BCUT2D eigenvalue weighted by molar-refractivity contribution is 9.10. The van der Waals surface area contributed by atoms with Crippen LogP contribution in [0.15, 0.2) is 34.8 Å². The average molecular weight is 349 g/mol. The highest BCUT2D eigenvalue weighted by atomic mass is 79.9. The number of carbonyl (C=O) groups is 1. The van der Waals surface area contributed by atoms with E-state index in [9.17, 15) is 4.79 Å². The number of halogens is 1. The summed E-state index contributed by atoms with van der Waals surface area (Å²) in [4.78, 5) is 12.8. The number of ketones is 1. The molecule has 0 heterocycles. The minimum absolute atomic E-state index is 0.0531. The molecule has 0 saturated carbocycles. The van der Waals surface area contributed by atoms with E-state index in [4.69, 9.17) is 9.47 Å². The first-order valence-corrected chi connectivity index (χ1v) is 7.30. The Hall–Kier alpha value is -1.81. The third kappa shape index (κ3) is 3.10. The van der Waals surface area contributed by atoms with Gasteiger partial charge in [-0.05, 0) is 55.3 Å². The van der Waals surface area contributed by atoms with Gasteiger partial charge in [0.05, 0.1) is 19.8 Å². The monoisotopic (exact) mass is 348 g/mol. The van der Waals surface area contributed by atoms with Gasteiger partial charge in [-0.15, -0.1) is 0 Å². The summed E-state index contributed by atoms with van der Waals surface area (Å²) in [6.45, 7) is 3.83. The predicted molar refractivity (Wildman–Crippen MR) is 86.6 cm³/mol. The summed E-state index contributed by atoms with van der Waals surface area (Å²) in [6, 6.07) is 9.14. The van der Waals surface area contributed by atoms with Crippen LogP contribution < -0.4 is 9.47 Å². The Labute approximate surface area is 133 Å². The highest BCUT2D eigenvalue weighted by Crippen LogP contribution is 2.29. The molecule has 21 heavy (non-hydrogen) atoms. The second-order valence-corrected chi connectivity index (χ2v) is 5.73. The molecule has 2 aromatic carbocycles. The fourth-order valence-corrected chi connectivity index (χ4v) is 2.59. The molecule has 0 bridgehead atoms. The quantitative estimate of drug-likeness (QED) is 0.772. The first-order valence-electron chi connectivity index (χ1n) is 6.51. The molecule has 110 valence electrons. The molecule has 0 atom stereocenters. The van der Waals surface area contributed by atoms with Crippen molar-refractivity contribution >= 4 is 21.7 Å². The number of ether oxygens (including phenoxy) is 2. The van der Waals surface area contributed by atoms with E-state index in [1.54, 1.807) is 26.4 Å². The molecule has 3 nitrogen and oxygen atoms in total. The molecule has 2 aromatic rings. The Morgan fingerprint density at radius 3 is 2.19 bits per heavy atom. The van der Waals surface area contributed by atoms with Crippen LogP contribution in [0.25, 0.3) is 0 Å². The van der Waals surface area contributed by atoms with Crippen molar-refractivity contribution in [2.45, 2.75) is 13.8 Å². The molecule has 0 unspecified atom stereocenters. The molecule has 0 aliphatic carbocycles. The lowest BCUT2D eigenvalue weighted by molar-refractivity contribution is 0.103. The van der Waals surface area contributed by atoms with Gasteiger partial charge in [0, 0.05) is 10.0 Å². The lowest BCUT2D eigenvalue weighted by Gasteiger charge is -2.12. The van der Waals surface area contributed by atoms with E-state index >= 15 is 0 Å². The van der Waals surface area contributed by atoms with Gasteiger partial charge in [0.15, 0.2) is 5.78 Å². The maximum atomic E-state index is 12.8. The van der Waals surface area contributed by atoms with E-state index in [0.717, 1.165) is 21.3 Å². The molecule has 0 amide bonds. The molecule has 0 radical (unpaired) electrons. The third-order valence-corrected chi connectivity index (χ3v) is 3.89. The van der Waals surface area contributed by atoms with Crippen molar-refractivity contribution in [3.63, 3.8) is 0 Å². The van der Waals surface area contributed by atoms with Gasteiger partial charge in [0.1, 0.15) is 11.5 Å². The van der Waals surface area contributed by atoms with Gasteiger partial charge in [-0.1, -0.05) is 15.9 Å². The maximum absolute atomic E-state index is 12.8. The summed E-state index contributed by atoms with van der Waals surface area (Å²) in [5.74, 6) is 1.29. The van der Waals surface area contributed by atoms with E-state index in [0.29, 0.717) is 16.9 Å². The van der Waals surface area contributed by atoms with Gasteiger partial charge in [-0.2, -0.15) is 0 Å². The minimum Gasteiger partial charge on any atom is -0.496 e. The van der Waals surface area contributed by atoms with Crippen LogP contribution in [0.2, 0.25) is 0 Å². The lowest BCUT2D eigenvalue weighted by atomic mass is 9.96. The van der Waals surface area contributed by atoms with Crippen molar-refractivity contribution < 1.29 is 14.3 Å². The summed E-state index contributed by atoms with van der Waals surface area (Å²) in [5.41, 5.74) is 3.03. The zero-order valence-corrected chi connectivity index (χ0v) is 14.1. The second-order valence-electron chi connectivity index (χ2n) is 4.81. The summed E-state index contributed by atoms with van der Waals surface area (Å²) in [6.07, 6.45) is 0. The van der Waals surface area contributed by atoms with E-state index in [1.165, 1.54) is 0 Å².